The molecule has 36 heavy (non-hydrogen) atoms. The second kappa shape index (κ2) is 13.7. The lowest BCUT2D eigenvalue weighted by Gasteiger charge is -2.33. The fraction of sp³-hybridized carbons (Fsp3) is 0.594. The van der Waals surface area contributed by atoms with Crippen LogP contribution >= 0.6 is 0 Å². The third-order valence-corrected chi connectivity index (χ3v) is 7.89. The summed E-state index contributed by atoms with van der Waals surface area (Å²) in [4.78, 5) is 14.9. The number of ether oxygens (including phenoxy) is 1. The van der Waals surface area contributed by atoms with Crippen molar-refractivity contribution in [3.63, 3.8) is 0 Å². The zero-order chi connectivity index (χ0) is 25.2. The number of anilines is 1. The summed E-state index contributed by atoms with van der Waals surface area (Å²) >= 11 is 0. The molecule has 2 aliphatic rings. The number of carbonyl (C=O) groups excluding carboxylic acids is 1. The predicted octanol–water partition coefficient (Wildman–Crippen LogP) is 8.84. The summed E-state index contributed by atoms with van der Waals surface area (Å²) in [5.74, 6) is 1.52. The minimum atomic E-state index is -0.0321. The normalized spacial score (nSPS) is 17.9. The lowest BCUT2D eigenvalue weighted by Crippen LogP contribution is -2.47. The minimum absolute atomic E-state index is 0.0149. The molecular weight excluding hydrogens is 444 g/mol. The lowest BCUT2D eigenvalue weighted by molar-refractivity contribution is 0.205. The summed E-state index contributed by atoms with van der Waals surface area (Å²) in [7, 11) is 0. The van der Waals surface area contributed by atoms with Crippen LogP contribution in [0.5, 0.6) is 5.75 Å². The van der Waals surface area contributed by atoms with Crippen molar-refractivity contribution in [2.24, 2.45) is 0 Å². The molecule has 1 heterocycles. The molecular formula is C32H46N2O2. The third-order valence-electron chi connectivity index (χ3n) is 7.89. The number of urea groups is 1. The van der Waals surface area contributed by atoms with E-state index in [0.29, 0.717) is 6.54 Å². The highest BCUT2D eigenvalue weighted by Crippen LogP contribution is 2.38. The number of hydrogen-bond donors (Lipinski definition) is 1. The van der Waals surface area contributed by atoms with E-state index >= 15 is 0 Å². The van der Waals surface area contributed by atoms with Crippen LogP contribution < -0.4 is 15.0 Å². The van der Waals surface area contributed by atoms with Gasteiger partial charge in [-0.25, -0.2) is 4.79 Å². The maximum atomic E-state index is 13.0. The first-order chi connectivity index (χ1) is 17.7. The molecule has 4 nitrogen and oxygen atoms in total. The molecule has 1 saturated carbocycles. The van der Waals surface area contributed by atoms with E-state index in [1.165, 1.54) is 88.2 Å². The van der Waals surface area contributed by atoms with E-state index < -0.39 is 0 Å². The highest BCUT2D eigenvalue weighted by Gasteiger charge is 2.28. The molecule has 0 spiro atoms. The average Bonchev–Trinajstić information content (AvgIpc) is 2.91. The molecule has 1 N–H and O–H groups in total. The van der Waals surface area contributed by atoms with Crippen molar-refractivity contribution < 1.29 is 9.53 Å². The highest BCUT2D eigenvalue weighted by molar-refractivity contribution is 5.94. The Labute approximate surface area is 218 Å². The van der Waals surface area contributed by atoms with Crippen LogP contribution in [0.1, 0.15) is 109 Å². The molecule has 4 rings (SSSR count). The minimum Gasteiger partial charge on any atom is -0.487 e. The van der Waals surface area contributed by atoms with Crippen LogP contribution in [0, 0.1) is 0 Å². The number of unbranched alkanes of at least 4 members (excludes halogenated alkanes) is 7. The summed E-state index contributed by atoms with van der Waals surface area (Å²) in [5.41, 5.74) is 4.67. The first kappa shape index (κ1) is 26.6. The number of carbonyl (C=O) groups is 1. The molecule has 4 heteroatoms. The van der Waals surface area contributed by atoms with E-state index in [1.54, 1.807) is 0 Å². The first-order valence-corrected chi connectivity index (χ1v) is 14.6. The van der Waals surface area contributed by atoms with Gasteiger partial charge in [0.15, 0.2) is 0 Å². The molecule has 0 saturated heterocycles. The van der Waals surface area contributed by atoms with Crippen molar-refractivity contribution in [1.82, 2.24) is 5.32 Å². The van der Waals surface area contributed by atoms with E-state index in [1.807, 2.05) is 17.9 Å². The van der Waals surface area contributed by atoms with Gasteiger partial charge in [0.1, 0.15) is 11.9 Å². The van der Waals surface area contributed by atoms with Gasteiger partial charge in [-0.05, 0) is 60.9 Å². The summed E-state index contributed by atoms with van der Waals surface area (Å²) < 4.78 is 6.17. The number of nitrogens with zero attached hydrogens (tertiary/aromatic N) is 1. The van der Waals surface area contributed by atoms with E-state index in [2.05, 4.69) is 48.6 Å². The van der Waals surface area contributed by atoms with Gasteiger partial charge in [-0.2, -0.15) is 0 Å². The molecule has 2 aromatic rings. The fourth-order valence-corrected chi connectivity index (χ4v) is 5.75. The number of fused-ring (bicyclic) bond motifs is 1. The third kappa shape index (κ3) is 7.27. The predicted molar refractivity (Wildman–Crippen MR) is 151 cm³/mol. The summed E-state index contributed by atoms with van der Waals surface area (Å²) in [6, 6.07) is 15.3. The van der Waals surface area contributed by atoms with Crippen molar-refractivity contribution in [3.8, 4) is 16.9 Å². The van der Waals surface area contributed by atoms with E-state index in [-0.39, 0.29) is 12.1 Å². The van der Waals surface area contributed by atoms with Crippen LogP contribution in [0.3, 0.4) is 0 Å². The number of amides is 2. The Kier molecular flexibility index (Phi) is 10.1. The maximum Gasteiger partial charge on any atom is 0.322 e. The van der Waals surface area contributed by atoms with E-state index in [4.69, 9.17) is 4.74 Å². The van der Waals surface area contributed by atoms with Crippen LogP contribution in [0.25, 0.3) is 11.1 Å². The van der Waals surface area contributed by atoms with Gasteiger partial charge in [-0.3, -0.25) is 4.90 Å². The second-order valence-corrected chi connectivity index (χ2v) is 10.9. The van der Waals surface area contributed by atoms with Crippen molar-refractivity contribution in [2.45, 2.75) is 109 Å². The van der Waals surface area contributed by atoms with Gasteiger partial charge in [-0.15, -0.1) is 0 Å². The number of benzene rings is 2. The largest absolute Gasteiger partial charge is 0.487 e. The molecule has 196 valence electrons. The van der Waals surface area contributed by atoms with Gasteiger partial charge in [-0.1, -0.05) is 101 Å². The summed E-state index contributed by atoms with van der Waals surface area (Å²) in [6.45, 7) is 5.60. The maximum absolute atomic E-state index is 13.0. The van der Waals surface area contributed by atoms with Crippen LogP contribution in [-0.2, 0) is 0 Å². The zero-order valence-electron chi connectivity index (χ0n) is 22.6. The molecule has 0 aromatic heterocycles. The van der Waals surface area contributed by atoms with E-state index in [9.17, 15) is 4.79 Å². The SMILES string of the molecule is CCCCCCCCCCNC(=O)N1CC(C)Oc2cc(-c3ccc(C4CCCCC4)cc3)ccc21. The molecule has 2 amide bonds. The van der Waals surface area contributed by atoms with Crippen LogP contribution in [-0.4, -0.2) is 25.2 Å². The Bertz CT molecular complexity index is 949. The van der Waals surface area contributed by atoms with Crippen LogP contribution in [0.15, 0.2) is 42.5 Å². The van der Waals surface area contributed by atoms with Crippen molar-refractivity contribution in [2.75, 3.05) is 18.0 Å². The molecule has 1 aliphatic carbocycles. The topological polar surface area (TPSA) is 41.6 Å². The van der Waals surface area contributed by atoms with E-state index in [0.717, 1.165) is 35.9 Å². The van der Waals surface area contributed by atoms with Gasteiger partial charge in [0.2, 0.25) is 0 Å². The Balaban J connectivity index is 1.32. The monoisotopic (exact) mass is 490 g/mol. The van der Waals surface area contributed by atoms with Crippen molar-refractivity contribution >= 4 is 11.7 Å². The Morgan fingerprint density at radius 3 is 2.28 bits per heavy atom. The molecule has 2 aromatic carbocycles. The first-order valence-electron chi connectivity index (χ1n) is 14.6. The molecule has 1 atom stereocenters. The number of nitrogens with one attached hydrogen (secondary N) is 1. The van der Waals surface area contributed by atoms with Gasteiger partial charge >= 0.3 is 6.03 Å². The molecule has 1 unspecified atom stereocenters. The van der Waals surface area contributed by atoms with Gasteiger partial charge in [0.25, 0.3) is 0 Å². The van der Waals surface area contributed by atoms with Crippen LogP contribution in [0.2, 0.25) is 0 Å². The standard InChI is InChI=1S/C32H46N2O2/c1-3-4-5-6-7-8-9-13-22-33-32(35)34-24-25(2)36-31-23-29(20-21-30(31)34)28-18-16-27(17-19-28)26-14-11-10-12-15-26/h16-21,23,25-26H,3-15,22,24H2,1-2H3,(H,33,35). The van der Waals surface area contributed by atoms with Gasteiger partial charge < -0.3 is 10.1 Å². The van der Waals surface area contributed by atoms with Crippen LogP contribution in [0.4, 0.5) is 10.5 Å². The Morgan fingerprint density at radius 2 is 1.56 bits per heavy atom. The second-order valence-electron chi connectivity index (χ2n) is 10.9. The smallest absolute Gasteiger partial charge is 0.322 e. The quantitative estimate of drug-likeness (QED) is 0.320. The Hall–Kier alpha value is -2.49. The molecule has 0 radical (unpaired) electrons. The van der Waals surface area contributed by atoms with Gasteiger partial charge in [0.05, 0.1) is 12.2 Å². The number of rotatable bonds is 11. The summed E-state index contributed by atoms with van der Waals surface area (Å²) in [6.07, 6.45) is 16.9. The highest BCUT2D eigenvalue weighted by atomic mass is 16.5. The number of hydrogen-bond acceptors (Lipinski definition) is 2. The Morgan fingerprint density at radius 1 is 0.889 bits per heavy atom. The fourth-order valence-electron chi connectivity index (χ4n) is 5.75. The lowest BCUT2D eigenvalue weighted by atomic mass is 9.84. The average molecular weight is 491 g/mol. The molecule has 1 aliphatic heterocycles. The zero-order valence-corrected chi connectivity index (χ0v) is 22.6. The van der Waals surface area contributed by atoms with Crippen molar-refractivity contribution in [3.05, 3.63) is 48.0 Å². The summed E-state index contributed by atoms with van der Waals surface area (Å²) in [5, 5.41) is 3.14. The molecule has 0 bridgehead atoms. The molecule has 1 fully saturated rings. The van der Waals surface area contributed by atoms with Gasteiger partial charge in [0, 0.05) is 6.54 Å². The van der Waals surface area contributed by atoms with Crippen molar-refractivity contribution in [1.29, 1.82) is 0 Å².